The zero-order chi connectivity index (χ0) is 32.5. The molecule has 6 atom stereocenters. The number of hydrogen-bond acceptors (Lipinski definition) is 13. The Kier molecular flexibility index (Phi) is 9.20. The van der Waals surface area contributed by atoms with Gasteiger partial charge in [0.25, 0.3) is 0 Å². The van der Waals surface area contributed by atoms with Gasteiger partial charge in [0.05, 0.1) is 10.9 Å². The number of alkyl carbamates (subject to hydrolysis) is 1. The van der Waals surface area contributed by atoms with Crippen LogP contribution >= 0.6 is 0 Å². The van der Waals surface area contributed by atoms with Gasteiger partial charge in [0.2, 0.25) is 6.29 Å². The van der Waals surface area contributed by atoms with Crippen molar-refractivity contribution in [1.82, 2.24) is 5.32 Å². The van der Waals surface area contributed by atoms with E-state index in [4.69, 9.17) is 32.8 Å². The largest absolute Gasteiger partial charge is 0.486 e. The third-order valence-corrected chi connectivity index (χ3v) is 7.00. The summed E-state index contributed by atoms with van der Waals surface area (Å²) in [6.45, 7) is 6.71. The maximum Gasteiger partial charge on any atom is 0.408 e. The number of ether oxygens (including phenoxy) is 6. The molecule has 2 aliphatic heterocycles. The first-order valence-corrected chi connectivity index (χ1v) is 14.3. The fraction of sp³-hybridized carbons (Fsp3) is 0.452. The maximum atomic E-state index is 13.3. The molecule has 1 saturated heterocycles. The van der Waals surface area contributed by atoms with Gasteiger partial charge in [-0.1, -0.05) is 6.07 Å². The molecule has 45 heavy (non-hydrogen) atoms. The molecular formula is C31H35NO13. The predicted molar refractivity (Wildman–Crippen MR) is 156 cm³/mol. The summed E-state index contributed by atoms with van der Waals surface area (Å²) in [5.74, 6) is 0.387. The Balaban J connectivity index is 1.25. The third kappa shape index (κ3) is 7.31. The molecule has 14 nitrogen and oxygen atoms in total. The Hall–Kier alpha value is -4.37. The van der Waals surface area contributed by atoms with E-state index < -0.39 is 61.0 Å². The predicted octanol–water partition coefficient (Wildman–Crippen LogP) is 1.87. The number of aliphatic hydroxyl groups excluding tert-OH is 3. The molecule has 0 saturated carbocycles. The lowest BCUT2D eigenvalue weighted by molar-refractivity contribution is -0.278. The van der Waals surface area contributed by atoms with Crippen LogP contribution in [0.15, 0.2) is 51.9 Å². The Morgan fingerprint density at radius 2 is 1.73 bits per heavy atom. The Labute approximate surface area is 257 Å². The van der Waals surface area contributed by atoms with E-state index in [9.17, 15) is 29.7 Å². The summed E-state index contributed by atoms with van der Waals surface area (Å²) >= 11 is 0. The zero-order valence-electron chi connectivity index (χ0n) is 25.1. The van der Waals surface area contributed by atoms with Crippen LogP contribution in [0, 0.1) is 0 Å². The topological polar surface area (TPSA) is 192 Å². The highest BCUT2D eigenvalue weighted by molar-refractivity contribution is 5.83. The Morgan fingerprint density at radius 3 is 2.47 bits per heavy atom. The van der Waals surface area contributed by atoms with Crippen molar-refractivity contribution in [3.8, 4) is 28.4 Å². The van der Waals surface area contributed by atoms with Crippen molar-refractivity contribution in [2.75, 3.05) is 19.8 Å². The van der Waals surface area contributed by atoms with Crippen molar-refractivity contribution >= 4 is 23.0 Å². The van der Waals surface area contributed by atoms with Gasteiger partial charge in [-0.05, 0) is 57.5 Å². The van der Waals surface area contributed by atoms with E-state index in [1.165, 1.54) is 31.4 Å². The monoisotopic (exact) mass is 629 g/mol. The molecule has 2 aliphatic rings. The van der Waals surface area contributed by atoms with Gasteiger partial charge in [-0.25, -0.2) is 9.59 Å². The number of hydrogen-bond donors (Lipinski definition) is 4. The zero-order valence-corrected chi connectivity index (χ0v) is 25.1. The first-order valence-electron chi connectivity index (χ1n) is 14.3. The summed E-state index contributed by atoms with van der Waals surface area (Å²) in [5.41, 5.74) is 0.00530. The van der Waals surface area contributed by atoms with E-state index in [1.54, 1.807) is 39.0 Å². The highest BCUT2D eigenvalue weighted by Crippen LogP contribution is 2.34. The van der Waals surface area contributed by atoms with E-state index >= 15 is 0 Å². The number of nitrogens with one attached hydrogen (secondary N) is 1. The minimum absolute atomic E-state index is 0.122. The average Bonchev–Trinajstić information content (AvgIpc) is 2.99. The second-order valence-electron chi connectivity index (χ2n) is 11.6. The van der Waals surface area contributed by atoms with Gasteiger partial charge >= 0.3 is 12.1 Å². The van der Waals surface area contributed by atoms with Crippen LogP contribution in [0.4, 0.5) is 4.79 Å². The number of carbonyl (C=O) groups excluding carboxylic acids is 2. The normalized spacial score (nSPS) is 23.6. The van der Waals surface area contributed by atoms with Gasteiger partial charge in [-0.2, -0.15) is 0 Å². The van der Waals surface area contributed by atoms with Crippen LogP contribution in [0.1, 0.15) is 27.7 Å². The van der Waals surface area contributed by atoms with Gasteiger partial charge in [-0.15, -0.1) is 0 Å². The lowest BCUT2D eigenvalue weighted by Gasteiger charge is -2.40. The number of aliphatic hydroxyl groups is 3. The first kappa shape index (κ1) is 32.0. The van der Waals surface area contributed by atoms with Crippen LogP contribution in [-0.2, 0) is 19.0 Å². The van der Waals surface area contributed by atoms with Crippen molar-refractivity contribution in [3.63, 3.8) is 0 Å². The molecule has 3 heterocycles. The van der Waals surface area contributed by atoms with Crippen molar-refractivity contribution in [3.05, 3.63) is 52.9 Å². The summed E-state index contributed by atoms with van der Waals surface area (Å²) in [6, 6.07) is 8.42. The average molecular weight is 630 g/mol. The maximum absolute atomic E-state index is 13.3. The third-order valence-electron chi connectivity index (χ3n) is 7.00. The van der Waals surface area contributed by atoms with Crippen LogP contribution < -0.4 is 25.0 Å². The summed E-state index contributed by atoms with van der Waals surface area (Å²) < 4.78 is 38.5. The van der Waals surface area contributed by atoms with Crippen molar-refractivity contribution in [1.29, 1.82) is 0 Å². The van der Waals surface area contributed by atoms with Crippen LogP contribution in [0.3, 0.4) is 0 Å². The second-order valence-corrected chi connectivity index (χ2v) is 11.6. The summed E-state index contributed by atoms with van der Waals surface area (Å²) in [7, 11) is 0. The molecule has 4 N–H and O–H groups in total. The molecule has 6 unspecified atom stereocenters. The number of fused-ring (bicyclic) bond motifs is 2. The molecule has 1 amide bonds. The van der Waals surface area contributed by atoms with Crippen LogP contribution in [0.25, 0.3) is 22.1 Å². The van der Waals surface area contributed by atoms with Crippen LogP contribution in [-0.4, -0.2) is 89.6 Å². The number of esters is 1. The van der Waals surface area contributed by atoms with E-state index in [-0.39, 0.29) is 22.1 Å². The van der Waals surface area contributed by atoms with E-state index in [0.29, 0.717) is 35.8 Å². The van der Waals surface area contributed by atoms with Gasteiger partial charge in [0.1, 0.15) is 73.5 Å². The minimum atomic E-state index is -1.71. The molecule has 3 aromatic rings. The Morgan fingerprint density at radius 1 is 1.00 bits per heavy atom. The molecule has 0 spiro atoms. The van der Waals surface area contributed by atoms with Crippen molar-refractivity contribution in [2.45, 2.75) is 70.0 Å². The van der Waals surface area contributed by atoms with Crippen LogP contribution in [0.2, 0.25) is 0 Å². The summed E-state index contributed by atoms with van der Waals surface area (Å²) in [5, 5.41) is 34.0. The van der Waals surface area contributed by atoms with Crippen molar-refractivity contribution in [2.24, 2.45) is 0 Å². The SMILES string of the molecule is CC(NC(=O)OC(C)(C)C)C(=O)OCC1OC(Oc2ccc3c(=O)c(-c4ccc5c(c4)OCCO5)coc3c2)C(O)C(O)C1O. The van der Waals surface area contributed by atoms with Crippen LogP contribution in [0.5, 0.6) is 17.2 Å². The quantitative estimate of drug-likeness (QED) is 0.277. The van der Waals surface area contributed by atoms with E-state index in [2.05, 4.69) is 5.32 Å². The second kappa shape index (κ2) is 12.9. The number of amides is 1. The summed E-state index contributed by atoms with van der Waals surface area (Å²) in [6.07, 6.45) is -7.32. The lowest BCUT2D eigenvalue weighted by atomic mass is 9.99. The molecule has 242 valence electrons. The van der Waals surface area contributed by atoms with E-state index in [0.717, 1.165) is 0 Å². The van der Waals surface area contributed by atoms with Gasteiger partial charge < -0.3 is 53.5 Å². The van der Waals surface area contributed by atoms with Crippen molar-refractivity contribution < 1.29 is 57.7 Å². The number of benzene rings is 2. The molecule has 0 aliphatic carbocycles. The van der Waals surface area contributed by atoms with Gasteiger partial charge in [0, 0.05) is 6.07 Å². The van der Waals surface area contributed by atoms with Gasteiger partial charge in [0.15, 0.2) is 16.9 Å². The molecule has 1 aromatic heterocycles. The van der Waals surface area contributed by atoms with Gasteiger partial charge in [-0.3, -0.25) is 4.79 Å². The molecule has 5 rings (SSSR count). The summed E-state index contributed by atoms with van der Waals surface area (Å²) in [4.78, 5) is 37.7. The Bertz CT molecular complexity index is 1610. The standard InChI is InChI=1S/C31H35NO13/c1-15(32-30(38)45-31(2,3)4)28(37)42-14-23-25(34)26(35)27(36)29(44-23)43-17-6-7-18-21(12-17)41-13-19(24(18)33)16-5-8-20-22(11-16)40-10-9-39-20/h5-8,11-13,15,23,25-27,29,34-36H,9-10,14H2,1-4H3,(H,32,38). The molecule has 14 heteroatoms. The fourth-order valence-electron chi connectivity index (χ4n) is 4.71. The number of rotatable bonds is 7. The molecule has 1 fully saturated rings. The molecule has 0 radical (unpaired) electrons. The highest BCUT2D eigenvalue weighted by atomic mass is 16.7. The molecule has 2 aromatic carbocycles. The molecule has 0 bridgehead atoms. The highest BCUT2D eigenvalue weighted by Gasteiger charge is 2.45. The minimum Gasteiger partial charge on any atom is -0.486 e. The first-order chi connectivity index (χ1) is 21.3. The smallest absolute Gasteiger partial charge is 0.408 e. The molecular weight excluding hydrogens is 594 g/mol. The van der Waals surface area contributed by atoms with E-state index in [1.807, 2.05) is 0 Å². The fourth-order valence-corrected chi connectivity index (χ4v) is 4.71. The number of carbonyl (C=O) groups is 2. The lowest BCUT2D eigenvalue weighted by Crippen LogP contribution is -2.60.